The Bertz CT molecular complexity index is 4640. The number of hydrogen-bond acceptors (Lipinski definition) is 6. The van der Waals surface area contributed by atoms with Crippen molar-refractivity contribution in [2.45, 2.75) is 57.8 Å². The monoisotopic (exact) mass is 1000 g/mol. The minimum atomic E-state index is -0.428. The molecule has 3 heterocycles. The zero-order valence-corrected chi connectivity index (χ0v) is 44.2. The molecule has 372 valence electrons. The van der Waals surface area contributed by atoms with Crippen LogP contribution >= 0.6 is 0 Å². The quantitative estimate of drug-likeness (QED) is 0.165. The molecule has 0 bridgehead atoms. The molecule has 0 aliphatic heterocycles. The van der Waals surface area contributed by atoms with Gasteiger partial charge in [-0.25, -0.2) is 4.98 Å². The standard InChI is InChI=1S/C72H52N4O2/c1-70(2)53-38-44(34-36-47(53)58-55(70)40-51(41-22-10-7-11-23-41)65-60(58)49-29-17-20-32-56(49)77-65)76(69-74-67(42-24-12-8-13-25-42)73-68(75-69)43-26-14-9-15-27-43)45-35-37-48-54(39-45)72(5,6)63-59(48)61-50-30-18-21-33-57(50)78-66(61)62-46-28-16-19-31-52(46)71(3,4)64(62)63/h7-40H,1-6H3. The summed E-state index contributed by atoms with van der Waals surface area (Å²) in [5.41, 5.74) is 23.6. The Morgan fingerprint density at radius 1 is 0.346 bits per heavy atom. The molecule has 6 nitrogen and oxygen atoms in total. The van der Waals surface area contributed by atoms with Crippen molar-refractivity contribution >= 4 is 61.2 Å². The van der Waals surface area contributed by atoms with Gasteiger partial charge >= 0.3 is 0 Å². The molecule has 0 saturated carbocycles. The van der Waals surface area contributed by atoms with Gasteiger partial charge in [-0.1, -0.05) is 205 Å². The third-order valence-electron chi connectivity index (χ3n) is 17.6. The van der Waals surface area contributed by atoms with Crippen molar-refractivity contribution in [1.82, 2.24) is 15.0 Å². The second-order valence-electron chi connectivity index (χ2n) is 23.0. The smallest absolute Gasteiger partial charge is 0.238 e. The van der Waals surface area contributed by atoms with Gasteiger partial charge in [-0.2, -0.15) is 9.97 Å². The van der Waals surface area contributed by atoms with Crippen LogP contribution in [0.15, 0.2) is 215 Å². The van der Waals surface area contributed by atoms with Gasteiger partial charge in [-0.15, -0.1) is 0 Å². The van der Waals surface area contributed by atoms with Crippen molar-refractivity contribution in [3.8, 4) is 67.3 Å². The highest BCUT2D eigenvalue weighted by Gasteiger charge is 2.49. The van der Waals surface area contributed by atoms with Gasteiger partial charge in [0.25, 0.3) is 0 Å². The maximum Gasteiger partial charge on any atom is 0.238 e. The first kappa shape index (κ1) is 44.9. The zero-order valence-electron chi connectivity index (χ0n) is 44.2. The van der Waals surface area contributed by atoms with Crippen LogP contribution in [0.1, 0.15) is 74.9 Å². The molecule has 13 aromatic rings. The van der Waals surface area contributed by atoms with Crippen LogP contribution < -0.4 is 4.90 Å². The lowest BCUT2D eigenvalue weighted by Gasteiger charge is -2.31. The molecule has 6 heteroatoms. The number of anilines is 3. The van der Waals surface area contributed by atoms with Crippen molar-refractivity contribution in [1.29, 1.82) is 0 Å². The molecule has 10 aromatic carbocycles. The maximum absolute atomic E-state index is 7.04. The molecular formula is C72H52N4O2. The van der Waals surface area contributed by atoms with E-state index in [0.29, 0.717) is 17.6 Å². The van der Waals surface area contributed by atoms with Crippen molar-refractivity contribution < 1.29 is 8.83 Å². The fraction of sp³-hybridized carbons (Fsp3) is 0.125. The Hall–Kier alpha value is -9.39. The van der Waals surface area contributed by atoms with Crippen LogP contribution in [0, 0.1) is 0 Å². The third kappa shape index (κ3) is 6.06. The van der Waals surface area contributed by atoms with Crippen LogP contribution in [0.5, 0.6) is 0 Å². The Balaban J connectivity index is 0.955. The number of hydrogen-bond donors (Lipinski definition) is 0. The van der Waals surface area contributed by atoms with E-state index in [1.807, 2.05) is 36.4 Å². The average Bonchev–Trinajstić information content (AvgIpc) is 4.18. The highest BCUT2D eigenvalue weighted by atomic mass is 16.3. The summed E-state index contributed by atoms with van der Waals surface area (Å²) in [6.07, 6.45) is 0. The number of aromatic nitrogens is 3. The molecule has 3 aliphatic carbocycles. The number of benzene rings is 10. The number of fused-ring (bicyclic) bond motifs is 19. The highest BCUT2D eigenvalue weighted by Crippen LogP contribution is 2.64. The minimum Gasteiger partial charge on any atom is -0.455 e. The van der Waals surface area contributed by atoms with Crippen LogP contribution in [-0.4, -0.2) is 15.0 Å². The van der Waals surface area contributed by atoms with Gasteiger partial charge in [0.15, 0.2) is 11.6 Å². The molecule has 0 N–H and O–H groups in total. The summed E-state index contributed by atoms with van der Waals surface area (Å²) >= 11 is 0. The summed E-state index contributed by atoms with van der Waals surface area (Å²) in [4.78, 5) is 18.4. The molecule has 0 radical (unpaired) electrons. The SMILES string of the molecule is CC1(C)c2cc(N(c3ccc4c(c3)C(C)(C)c3c5c(c6oc7ccccc7c6c3-4)-c3ccccc3C5(C)C)c3nc(-c4ccccc4)nc(-c4ccccc4)n3)ccc2-c2c1cc(-c1ccccc1)c1oc3ccccc3c21. The molecule has 3 aromatic heterocycles. The second-order valence-corrected chi connectivity index (χ2v) is 23.0. The molecule has 0 unspecified atom stereocenters. The van der Waals surface area contributed by atoms with E-state index in [-0.39, 0.29) is 5.41 Å². The molecular weight excluding hydrogens is 953 g/mol. The first-order valence-corrected chi connectivity index (χ1v) is 27.1. The lowest BCUT2D eigenvalue weighted by Crippen LogP contribution is -2.24. The van der Waals surface area contributed by atoms with Gasteiger partial charge < -0.3 is 8.83 Å². The van der Waals surface area contributed by atoms with E-state index in [4.69, 9.17) is 23.8 Å². The van der Waals surface area contributed by atoms with E-state index in [1.54, 1.807) is 0 Å². The summed E-state index contributed by atoms with van der Waals surface area (Å²) in [6, 6.07) is 73.6. The van der Waals surface area contributed by atoms with Crippen LogP contribution in [0.2, 0.25) is 0 Å². The summed E-state index contributed by atoms with van der Waals surface area (Å²) < 4.78 is 13.9. The van der Waals surface area contributed by atoms with Crippen LogP contribution in [0.25, 0.3) is 111 Å². The van der Waals surface area contributed by atoms with Crippen molar-refractivity contribution in [2.24, 2.45) is 0 Å². The number of rotatable bonds is 6. The molecule has 16 rings (SSSR count). The normalized spacial score (nSPS) is 14.8. The van der Waals surface area contributed by atoms with E-state index >= 15 is 0 Å². The van der Waals surface area contributed by atoms with Gasteiger partial charge in [-0.05, 0) is 109 Å². The first-order valence-electron chi connectivity index (χ1n) is 27.1. The topological polar surface area (TPSA) is 68.2 Å². The average molecular weight is 1010 g/mol. The lowest BCUT2D eigenvalue weighted by molar-refractivity contribution is 0.600. The van der Waals surface area contributed by atoms with E-state index in [1.165, 1.54) is 72.1 Å². The molecule has 0 amide bonds. The molecule has 0 fully saturated rings. The molecule has 0 spiro atoms. The van der Waals surface area contributed by atoms with E-state index in [2.05, 4.69) is 216 Å². The van der Waals surface area contributed by atoms with Crippen molar-refractivity contribution in [3.63, 3.8) is 0 Å². The van der Waals surface area contributed by atoms with Crippen LogP contribution in [-0.2, 0) is 16.2 Å². The largest absolute Gasteiger partial charge is 0.455 e. The molecule has 0 saturated heterocycles. The molecule has 0 atom stereocenters. The fourth-order valence-corrected chi connectivity index (χ4v) is 14.0. The van der Waals surface area contributed by atoms with E-state index < -0.39 is 10.8 Å². The van der Waals surface area contributed by atoms with Gasteiger partial charge in [0.2, 0.25) is 5.95 Å². The lowest BCUT2D eigenvalue weighted by atomic mass is 9.72. The van der Waals surface area contributed by atoms with Crippen LogP contribution in [0.3, 0.4) is 0 Å². The maximum atomic E-state index is 7.04. The van der Waals surface area contributed by atoms with Crippen molar-refractivity contribution in [2.75, 3.05) is 4.90 Å². The first-order chi connectivity index (χ1) is 38.0. The Morgan fingerprint density at radius 2 is 0.808 bits per heavy atom. The Morgan fingerprint density at radius 3 is 1.42 bits per heavy atom. The summed E-state index contributed by atoms with van der Waals surface area (Å²) in [5.74, 6) is 1.72. The highest BCUT2D eigenvalue weighted by molar-refractivity contribution is 6.21. The van der Waals surface area contributed by atoms with Gasteiger partial charge in [0, 0.05) is 71.4 Å². The van der Waals surface area contributed by atoms with Gasteiger partial charge in [0.05, 0.1) is 0 Å². The number of nitrogens with zero attached hydrogens (tertiary/aromatic N) is 4. The Labute approximate surface area is 452 Å². The van der Waals surface area contributed by atoms with Crippen molar-refractivity contribution in [3.05, 3.63) is 240 Å². The van der Waals surface area contributed by atoms with Gasteiger partial charge in [0.1, 0.15) is 22.3 Å². The number of furan rings is 2. The second kappa shape index (κ2) is 15.8. The molecule has 78 heavy (non-hydrogen) atoms. The fourth-order valence-electron chi connectivity index (χ4n) is 14.0. The minimum absolute atomic E-state index is 0.283. The van der Waals surface area contributed by atoms with E-state index in [9.17, 15) is 0 Å². The number of para-hydroxylation sites is 2. The predicted octanol–water partition coefficient (Wildman–Crippen LogP) is 19.1. The molecule has 3 aliphatic rings. The summed E-state index contributed by atoms with van der Waals surface area (Å²) in [6.45, 7) is 14.4. The van der Waals surface area contributed by atoms with Gasteiger partial charge in [-0.3, -0.25) is 4.90 Å². The summed E-state index contributed by atoms with van der Waals surface area (Å²) in [7, 11) is 0. The zero-order chi connectivity index (χ0) is 52.4. The van der Waals surface area contributed by atoms with Crippen LogP contribution in [0.4, 0.5) is 17.3 Å². The Kier molecular flexibility index (Phi) is 9.11. The van der Waals surface area contributed by atoms with E-state index in [0.717, 1.165) is 72.1 Å². The summed E-state index contributed by atoms with van der Waals surface area (Å²) in [5, 5.41) is 4.57. The predicted molar refractivity (Wildman–Crippen MR) is 318 cm³/mol. The third-order valence-corrected chi connectivity index (χ3v) is 17.6.